The first-order chi connectivity index (χ1) is 12.6. The number of hydrogen-bond acceptors (Lipinski definition) is 5. The average molecular weight is 358 g/mol. The summed E-state index contributed by atoms with van der Waals surface area (Å²) in [5, 5.41) is 11.2. The Morgan fingerprint density at radius 3 is 2.58 bits per heavy atom. The number of nitrogens with zero attached hydrogens (tertiary/aromatic N) is 2. The number of aldehydes is 1. The summed E-state index contributed by atoms with van der Waals surface area (Å²) >= 11 is 0. The van der Waals surface area contributed by atoms with E-state index in [9.17, 15) is 19.1 Å². The van der Waals surface area contributed by atoms with Crippen LogP contribution < -0.4 is 4.90 Å². The molecule has 3 rings (SSSR count). The minimum Gasteiger partial charge on any atom is -0.504 e. The van der Waals surface area contributed by atoms with Crippen LogP contribution in [0.15, 0.2) is 42.5 Å². The Morgan fingerprint density at radius 1 is 1.23 bits per heavy atom. The summed E-state index contributed by atoms with van der Waals surface area (Å²) < 4.78 is 13.9. The highest BCUT2D eigenvalue weighted by Gasteiger charge is 2.24. The third kappa shape index (κ3) is 4.00. The monoisotopic (exact) mass is 358 g/mol. The lowest BCUT2D eigenvalue weighted by Gasteiger charge is -2.25. The zero-order valence-corrected chi connectivity index (χ0v) is 14.1. The van der Waals surface area contributed by atoms with Crippen molar-refractivity contribution in [2.45, 2.75) is 19.4 Å². The number of benzene rings is 2. The van der Waals surface area contributed by atoms with Crippen molar-refractivity contribution in [1.29, 1.82) is 0 Å². The third-order valence-corrected chi connectivity index (χ3v) is 4.18. The molecule has 0 spiro atoms. The minimum atomic E-state index is -0.912. The summed E-state index contributed by atoms with van der Waals surface area (Å²) in [5.74, 6) is -1.61. The van der Waals surface area contributed by atoms with Crippen LogP contribution in [0, 0.1) is 5.82 Å². The fourth-order valence-electron chi connectivity index (χ4n) is 2.85. The Morgan fingerprint density at radius 2 is 1.92 bits per heavy atom. The van der Waals surface area contributed by atoms with Crippen molar-refractivity contribution in [2.75, 3.05) is 18.0 Å². The summed E-state index contributed by atoms with van der Waals surface area (Å²) in [5.41, 5.74) is 0.781. The molecule has 6 nitrogen and oxygen atoms in total. The molecule has 7 heteroatoms. The Labute approximate surface area is 150 Å². The van der Waals surface area contributed by atoms with Gasteiger partial charge in [-0.1, -0.05) is 18.2 Å². The topological polar surface area (TPSA) is 70.1 Å². The summed E-state index contributed by atoms with van der Waals surface area (Å²) in [6.45, 7) is 1.35. The molecule has 2 aromatic carbocycles. The van der Waals surface area contributed by atoms with Gasteiger partial charge in [0.15, 0.2) is 17.9 Å². The number of phenols is 1. The van der Waals surface area contributed by atoms with E-state index in [0.29, 0.717) is 30.6 Å². The standard InChI is InChI=1S/C19H19FN2O4/c20-17-11-14(10-15(13-23)18(17)24)12-22(16-6-2-1-3-7-16)19(25)26-21-8-4-5-9-21/h1-3,6-7,10-11,13,24H,4-5,8-9,12H2. The Balaban J connectivity index is 1.87. The molecule has 1 N–H and O–H groups in total. The van der Waals surface area contributed by atoms with E-state index in [1.165, 1.54) is 11.0 Å². The van der Waals surface area contributed by atoms with Gasteiger partial charge in [-0.15, -0.1) is 5.06 Å². The van der Waals surface area contributed by atoms with Gasteiger partial charge >= 0.3 is 6.09 Å². The zero-order valence-electron chi connectivity index (χ0n) is 14.1. The van der Waals surface area contributed by atoms with Gasteiger partial charge in [0.25, 0.3) is 0 Å². The van der Waals surface area contributed by atoms with Gasteiger partial charge in [0, 0.05) is 18.8 Å². The lowest BCUT2D eigenvalue weighted by atomic mass is 10.1. The van der Waals surface area contributed by atoms with Crippen molar-refractivity contribution < 1.29 is 23.9 Å². The number of hydrogen-bond donors (Lipinski definition) is 1. The SMILES string of the molecule is O=Cc1cc(CN(C(=O)ON2CCCC2)c2ccccc2)cc(F)c1O. The summed E-state index contributed by atoms with van der Waals surface area (Å²) in [7, 11) is 0. The number of amides is 1. The van der Waals surface area contributed by atoms with E-state index >= 15 is 0 Å². The maximum atomic E-state index is 13.9. The van der Waals surface area contributed by atoms with Gasteiger partial charge in [-0.3, -0.25) is 9.69 Å². The Kier molecular flexibility index (Phi) is 5.48. The fourth-order valence-corrected chi connectivity index (χ4v) is 2.85. The molecule has 0 aliphatic carbocycles. The number of carbonyl (C=O) groups excluding carboxylic acids is 2. The van der Waals surface area contributed by atoms with Crippen LogP contribution >= 0.6 is 0 Å². The van der Waals surface area contributed by atoms with Crippen LogP contribution in [0.1, 0.15) is 28.8 Å². The van der Waals surface area contributed by atoms with Crippen molar-refractivity contribution in [3.8, 4) is 5.75 Å². The number of halogens is 1. The first-order valence-corrected chi connectivity index (χ1v) is 8.34. The number of anilines is 1. The lowest BCUT2D eigenvalue weighted by Crippen LogP contribution is -2.36. The molecule has 1 saturated heterocycles. The number of para-hydroxylation sites is 1. The molecular formula is C19H19FN2O4. The zero-order chi connectivity index (χ0) is 18.5. The smallest absolute Gasteiger partial charge is 0.433 e. The molecule has 1 fully saturated rings. The molecule has 0 radical (unpaired) electrons. The van der Waals surface area contributed by atoms with Crippen LogP contribution in [-0.2, 0) is 11.4 Å². The predicted octanol–water partition coefficient (Wildman–Crippen LogP) is 3.50. The van der Waals surface area contributed by atoms with Crippen LogP contribution in [0.2, 0.25) is 0 Å². The Hall–Kier alpha value is -2.93. The van der Waals surface area contributed by atoms with Gasteiger partial charge in [0.05, 0.1) is 12.1 Å². The van der Waals surface area contributed by atoms with Crippen molar-refractivity contribution >= 4 is 18.1 Å². The van der Waals surface area contributed by atoms with E-state index in [2.05, 4.69) is 0 Å². The van der Waals surface area contributed by atoms with Gasteiger partial charge in [-0.2, -0.15) is 0 Å². The second kappa shape index (κ2) is 7.97. The highest BCUT2D eigenvalue weighted by Crippen LogP contribution is 2.25. The molecule has 1 aliphatic rings. The summed E-state index contributed by atoms with van der Waals surface area (Å²) in [4.78, 5) is 30.5. The van der Waals surface area contributed by atoms with E-state index in [0.717, 1.165) is 18.9 Å². The van der Waals surface area contributed by atoms with Crippen LogP contribution in [-0.4, -0.2) is 35.6 Å². The fraction of sp³-hybridized carbons (Fsp3) is 0.263. The molecule has 136 valence electrons. The summed E-state index contributed by atoms with van der Waals surface area (Å²) in [6.07, 6.45) is 1.71. The lowest BCUT2D eigenvalue weighted by molar-refractivity contribution is -0.0772. The van der Waals surface area contributed by atoms with Crippen LogP contribution in [0.25, 0.3) is 0 Å². The average Bonchev–Trinajstić information content (AvgIpc) is 3.16. The molecule has 1 amide bonds. The molecular weight excluding hydrogens is 339 g/mol. The predicted molar refractivity (Wildman–Crippen MR) is 93.4 cm³/mol. The van der Waals surface area contributed by atoms with Gasteiger partial charge in [-0.05, 0) is 42.7 Å². The highest BCUT2D eigenvalue weighted by atomic mass is 19.1. The molecule has 1 heterocycles. The number of aromatic hydroxyl groups is 1. The molecule has 0 saturated carbocycles. The van der Waals surface area contributed by atoms with Crippen molar-refractivity contribution in [3.05, 3.63) is 59.4 Å². The second-order valence-corrected chi connectivity index (χ2v) is 6.05. The Bertz CT molecular complexity index is 792. The van der Waals surface area contributed by atoms with Gasteiger partial charge < -0.3 is 9.94 Å². The first kappa shape index (κ1) is 17.9. The number of phenolic OH excluding ortho intramolecular Hbond substituents is 1. The van der Waals surface area contributed by atoms with E-state index in [4.69, 9.17) is 4.84 Å². The highest BCUT2D eigenvalue weighted by molar-refractivity contribution is 5.87. The largest absolute Gasteiger partial charge is 0.504 e. The maximum Gasteiger partial charge on any atom is 0.433 e. The first-order valence-electron chi connectivity index (χ1n) is 8.34. The van der Waals surface area contributed by atoms with Crippen LogP contribution in [0.4, 0.5) is 14.9 Å². The molecule has 0 atom stereocenters. The number of carbonyl (C=O) groups is 2. The van der Waals surface area contributed by atoms with Crippen molar-refractivity contribution in [2.24, 2.45) is 0 Å². The molecule has 0 aromatic heterocycles. The van der Waals surface area contributed by atoms with Crippen LogP contribution in [0.3, 0.4) is 0 Å². The normalized spacial score (nSPS) is 14.2. The maximum absolute atomic E-state index is 13.9. The van der Waals surface area contributed by atoms with E-state index in [-0.39, 0.29) is 12.1 Å². The molecule has 26 heavy (non-hydrogen) atoms. The van der Waals surface area contributed by atoms with E-state index < -0.39 is 17.7 Å². The van der Waals surface area contributed by atoms with Gasteiger partial charge in [-0.25, -0.2) is 9.18 Å². The molecule has 1 aliphatic heterocycles. The van der Waals surface area contributed by atoms with Crippen molar-refractivity contribution in [3.63, 3.8) is 0 Å². The molecule has 0 bridgehead atoms. The minimum absolute atomic E-state index is 0.00523. The number of rotatable bonds is 5. The van der Waals surface area contributed by atoms with Crippen LogP contribution in [0.5, 0.6) is 5.75 Å². The van der Waals surface area contributed by atoms with E-state index in [1.807, 2.05) is 6.07 Å². The molecule has 2 aromatic rings. The third-order valence-electron chi connectivity index (χ3n) is 4.18. The number of hydroxylamine groups is 2. The van der Waals surface area contributed by atoms with E-state index in [1.54, 1.807) is 29.3 Å². The van der Waals surface area contributed by atoms with Crippen molar-refractivity contribution in [1.82, 2.24) is 5.06 Å². The molecule has 0 unspecified atom stereocenters. The second-order valence-electron chi connectivity index (χ2n) is 6.05. The van der Waals surface area contributed by atoms with Gasteiger partial charge in [0.2, 0.25) is 0 Å². The summed E-state index contributed by atoms with van der Waals surface area (Å²) in [6, 6.07) is 11.3. The van der Waals surface area contributed by atoms with Gasteiger partial charge in [0.1, 0.15) is 0 Å². The quantitative estimate of drug-likeness (QED) is 0.829.